The van der Waals surface area contributed by atoms with Crippen LogP contribution in [0.25, 0.3) is 6.08 Å². The number of ether oxygens (including phenoxy) is 3. The average molecular weight is 363 g/mol. The molecule has 0 bridgehead atoms. The molecule has 0 aliphatic carbocycles. The fourth-order valence-corrected chi connectivity index (χ4v) is 2.45. The number of rotatable bonds is 4. The van der Waals surface area contributed by atoms with E-state index in [0.29, 0.717) is 23.5 Å². The molecule has 2 aromatic carbocycles. The van der Waals surface area contributed by atoms with Gasteiger partial charge in [-0.05, 0) is 41.5 Å². The summed E-state index contributed by atoms with van der Waals surface area (Å²) in [5.74, 6) is -2.04. The summed E-state index contributed by atoms with van der Waals surface area (Å²) in [6.45, 7) is 3.36. The minimum atomic E-state index is -1.26. The highest BCUT2D eigenvalue weighted by Crippen LogP contribution is 2.24. The second kappa shape index (κ2) is 7.34. The van der Waals surface area contributed by atoms with Crippen LogP contribution in [-0.4, -0.2) is 17.7 Å². The van der Waals surface area contributed by atoms with Crippen LogP contribution in [0.2, 0.25) is 0 Å². The van der Waals surface area contributed by atoms with Crippen molar-refractivity contribution in [3.8, 4) is 11.8 Å². The number of hydrogen-bond donors (Lipinski definition) is 0. The molecule has 2 aromatic rings. The van der Waals surface area contributed by atoms with Crippen molar-refractivity contribution in [1.29, 1.82) is 5.26 Å². The van der Waals surface area contributed by atoms with Gasteiger partial charge in [-0.2, -0.15) is 5.26 Å². The summed E-state index contributed by atoms with van der Waals surface area (Å²) in [6.07, 6.45) is 1.42. The number of nitrogens with zero attached hydrogens (tertiary/aromatic N) is 1. The molecule has 0 saturated carbocycles. The minimum absolute atomic E-state index is 0.152. The van der Waals surface area contributed by atoms with E-state index in [1.807, 2.05) is 12.1 Å². The van der Waals surface area contributed by atoms with Gasteiger partial charge in [0.25, 0.3) is 5.79 Å². The van der Waals surface area contributed by atoms with Crippen LogP contribution in [0.5, 0.6) is 5.75 Å². The van der Waals surface area contributed by atoms with Crippen molar-refractivity contribution in [2.24, 2.45) is 0 Å². The van der Waals surface area contributed by atoms with Gasteiger partial charge < -0.3 is 14.2 Å². The normalized spacial score (nSPS) is 15.4. The van der Waals surface area contributed by atoms with Gasteiger partial charge in [0.05, 0.1) is 11.6 Å². The second-order valence-corrected chi connectivity index (χ2v) is 6.40. The Morgan fingerprint density at radius 1 is 1.00 bits per heavy atom. The van der Waals surface area contributed by atoms with E-state index in [1.54, 1.807) is 36.4 Å². The van der Waals surface area contributed by atoms with Crippen molar-refractivity contribution in [2.75, 3.05) is 0 Å². The van der Waals surface area contributed by atoms with Gasteiger partial charge in [0.1, 0.15) is 17.9 Å². The molecule has 6 nitrogen and oxygen atoms in total. The second-order valence-electron chi connectivity index (χ2n) is 6.40. The van der Waals surface area contributed by atoms with Crippen molar-refractivity contribution in [3.05, 3.63) is 70.8 Å². The Morgan fingerprint density at radius 3 is 2.15 bits per heavy atom. The monoisotopic (exact) mass is 363 g/mol. The van der Waals surface area contributed by atoms with Crippen LogP contribution in [0.1, 0.15) is 30.5 Å². The fourth-order valence-electron chi connectivity index (χ4n) is 2.45. The Balaban J connectivity index is 1.65. The lowest BCUT2D eigenvalue weighted by Crippen LogP contribution is -2.41. The zero-order valence-corrected chi connectivity index (χ0v) is 14.9. The van der Waals surface area contributed by atoms with E-state index in [1.165, 1.54) is 19.9 Å². The Labute approximate surface area is 156 Å². The Hall–Kier alpha value is -3.59. The summed E-state index contributed by atoms with van der Waals surface area (Å²) in [5, 5.41) is 8.79. The molecule has 1 aliphatic heterocycles. The fraction of sp³-hybridized carbons (Fsp3) is 0.190. The van der Waals surface area contributed by atoms with Crippen molar-refractivity contribution in [2.45, 2.75) is 26.2 Å². The number of carbonyl (C=O) groups is 2. The molecule has 3 rings (SSSR count). The molecule has 136 valence electrons. The third kappa shape index (κ3) is 4.53. The minimum Gasteiger partial charge on any atom is -0.489 e. The van der Waals surface area contributed by atoms with Crippen LogP contribution in [0, 0.1) is 11.3 Å². The molecule has 1 heterocycles. The summed E-state index contributed by atoms with van der Waals surface area (Å²) in [6, 6.07) is 16.1. The standard InChI is InChI=1S/C21H17NO5/c1-21(2)26-19(23)18(20(24)27-21)11-14-7-9-17(10-8-14)25-13-16-5-3-15(12-22)4-6-16/h3-11H,13H2,1-2H3. The maximum absolute atomic E-state index is 12.0. The van der Waals surface area contributed by atoms with Gasteiger partial charge in [-0.15, -0.1) is 0 Å². The van der Waals surface area contributed by atoms with E-state index in [-0.39, 0.29) is 5.57 Å². The molecule has 1 aliphatic rings. The van der Waals surface area contributed by atoms with Crippen LogP contribution in [0.3, 0.4) is 0 Å². The quantitative estimate of drug-likeness (QED) is 0.470. The van der Waals surface area contributed by atoms with E-state index in [0.717, 1.165) is 5.56 Å². The Bertz CT molecular complexity index is 912. The van der Waals surface area contributed by atoms with Crippen molar-refractivity contribution < 1.29 is 23.8 Å². The summed E-state index contributed by atoms with van der Waals surface area (Å²) >= 11 is 0. The van der Waals surface area contributed by atoms with Gasteiger partial charge in [0, 0.05) is 13.8 Å². The molecule has 0 aromatic heterocycles. The lowest BCUT2D eigenvalue weighted by Gasteiger charge is -2.29. The predicted octanol–water partition coefficient (Wildman–Crippen LogP) is 3.36. The predicted molar refractivity (Wildman–Crippen MR) is 96.2 cm³/mol. The van der Waals surface area contributed by atoms with E-state index < -0.39 is 17.7 Å². The van der Waals surface area contributed by atoms with Gasteiger partial charge >= 0.3 is 11.9 Å². The first-order valence-electron chi connectivity index (χ1n) is 8.26. The molecule has 1 fully saturated rings. The molecule has 0 unspecified atom stereocenters. The third-order valence-electron chi connectivity index (χ3n) is 3.80. The van der Waals surface area contributed by atoms with E-state index >= 15 is 0 Å². The first-order valence-corrected chi connectivity index (χ1v) is 8.26. The highest BCUT2D eigenvalue weighted by molar-refractivity contribution is 6.18. The molecule has 0 amide bonds. The van der Waals surface area contributed by atoms with Crippen LogP contribution < -0.4 is 4.74 Å². The van der Waals surface area contributed by atoms with Crippen LogP contribution in [0.4, 0.5) is 0 Å². The molecular weight excluding hydrogens is 346 g/mol. The van der Waals surface area contributed by atoms with E-state index in [4.69, 9.17) is 19.5 Å². The van der Waals surface area contributed by atoms with E-state index in [9.17, 15) is 9.59 Å². The zero-order chi connectivity index (χ0) is 19.4. The Morgan fingerprint density at radius 2 is 1.59 bits per heavy atom. The molecule has 6 heteroatoms. The van der Waals surface area contributed by atoms with Crippen LogP contribution in [0.15, 0.2) is 54.1 Å². The maximum Gasteiger partial charge on any atom is 0.348 e. The van der Waals surface area contributed by atoms with Gasteiger partial charge in [-0.3, -0.25) is 0 Å². The lowest BCUT2D eigenvalue weighted by atomic mass is 10.1. The van der Waals surface area contributed by atoms with Crippen LogP contribution >= 0.6 is 0 Å². The highest BCUT2D eigenvalue weighted by Gasteiger charge is 2.38. The van der Waals surface area contributed by atoms with Gasteiger partial charge in [0.15, 0.2) is 0 Å². The number of benzene rings is 2. The average Bonchev–Trinajstić information content (AvgIpc) is 2.63. The van der Waals surface area contributed by atoms with Crippen molar-refractivity contribution >= 4 is 18.0 Å². The Kier molecular flexibility index (Phi) is 4.95. The first-order chi connectivity index (χ1) is 12.9. The van der Waals surface area contributed by atoms with Gasteiger partial charge in [-0.25, -0.2) is 9.59 Å². The lowest BCUT2D eigenvalue weighted by molar-refractivity contribution is -0.222. The highest BCUT2D eigenvalue weighted by atomic mass is 16.7. The molecular formula is C21H17NO5. The molecule has 27 heavy (non-hydrogen) atoms. The number of nitriles is 1. The number of hydrogen-bond acceptors (Lipinski definition) is 6. The molecule has 1 saturated heterocycles. The first kappa shape index (κ1) is 18.2. The number of cyclic esters (lactones) is 2. The van der Waals surface area contributed by atoms with Crippen LogP contribution in [-0.2, 0) is 25.7 Å². The number of esters is 2. The molecule has 0 radical (unpaired) electrons. The maximum atomic E-state index is 12.0. The third-order valence-corrected chi connectivity index (χ3v) is 3.80. The molecule has 0 N–H and O–H groups in total. The summed E-state index contributed by atoms with van der Waals surface area (Å²) < 4.78 is 15.8. The SMILES string of the molecule is CC1(C)OC(=O)C(=Cc2ccc(OCc3ccc(C#N)cc3)cc2)C(=O)O1. The largest absolute Gasteiger partial charge is 0.489 e. The summed E-state index contributed by atoms with van der Waals surface area (Å²) in [4.78, 5) is 23.9. The van der Waals surface area contributed by atoms with Crippen molar-refractivity contribution in [3.63, 3.8) is 0 Å². The van der Waals surface area contributed by atoms with E-state index in [2.05, 4.69) is 6.07 Å². The summed E-state index contributed by atoms with van der Waals surface area (Å²) in [7, 11) is 0. The topological polar surface area (TPSA) is 85.6 Å². The molecule has 0 atom stereocenters. The van der Waals surface area contributed by atoms with Crippen molar-refractivity contribution in [1.82, 2.24) is 0 Å². The van der Waals surface area contributed by atoms with Gasteiger partial charge in [-0.1, -0.05) is 24.3 Å². The number of carbonyl (C=O) groups excluding carboxylic acids is 2. The zero-order valence-electron chi connectivity index (χ0n) is 14.9. The smallest absolute Gasteiger partial charge is 0.348 e. The van der Waals surface area contributed by atoms with Gasteiger partial charge in [0.2, 0.25) is 0 Å². The molecule has 0 spiro atoms. The summed E-state index contributed by atoms with van der Waals surface area (Å²) in [5.41, 5.74) is 2.03.